The lowest BCUT2D eigenvalue weighted by Crippen LogP contribution is -2.30. The van der Waals surface area contributed by atoms with Crippen molar-refractivity contribution in [3.63, 3.8) is 0 Å². The fourth-order valence-corrected chi connectivity index (χ4v) is 3.78. The molecule has 37 heavy (non-hydrogen) atoms. The zero-order valence-electron chi connectivity index (χ0n) is 20.6. The molecular weight excluding hydrogens is 470 g/mol. The Labute approximate surface area is 213 Å². The number of nitriles is 1. The summed E-state index contributed by atoms with van der Waals surface area (Å²) in [6.45, 7) is 3.34. The third-order valence-corrected chi connectivity index (χ3v) is 5.83. The molecule has 0 saturated heterocycles. The highest BCUT2D eigenvalue weighted by Crippen LogP contribution is 2.18. The number of aromatic nitrogens is 2. The molecule has 4 aromatic rings. The van der Waals surface area contributed by atoms with Crippen LogP contribution in [0.3, 0.4) is 0 Å². The molecule has 0 fully saturated rings. The molecule has 2 N–H and O–H groups in total. The van der Waals surface area contributed by atoms with Gasteiger partial charge >= 0.3 is 0 Å². The minimum Gasteiger partial charge on any atom is -0.481 e. The van der Waals surface area contributed by atoms with Gasteiger partial charge in [0.25, 0.3) is 17.4 Å². The van der Waals surface area contributed by atoms with Crippen LogP contribution >= 0.6 is 0 Å². The van der Waals surface area contributed by atoms with Gasteiger partial charge in [-0.25, -0.2) is 4.68 Å². The molecule has 1 heterocycles. The second-order valence-electron chi connectivity index (χ2n) is 8.36. The number of benzene rings is 3. The number of para-hydroxylation sites is 1. The number of carbonyl (C=O) groups excluding carboxylic acids is 2. The van der Waals surface area contributed by atoms with Crippen LogP contribution in [0.1, 0.15) is 28.5 Å². The minimum atomic E-state index is -0.852. The summed E-state index contributed by atoms with van der Waals surface area (Å²) in [7, 11) is 1.75. The van der Waals surface area contributed by atoms with Crippen molar-refractivity contribution in [1.82, 2.24) is 9.36 Å². The molecule has 0 bridgehead atoms. The summed E-state index contributed by atoms with van der Waals surface area (Å²) in [5, 5.41) is 14.5. The van der Waals surface area contributed by atoms with Crippen molar-refractivity contribution in [2.24, 2.45) is 7.05 Å². The highest BCUT2D eigenvalue weighted by atomic mass is 16.5. The Balaban J connectivity index is 1.48. The quantitative estimate of drug-likeness (QED) is 0.402. The molecule has 0 saturated carbocycles. The molecule has 0 aliphatic heterocycles. The van der Waals surface area contributed by atoms with E-state index in [0.717, 1.165) is 0 Å². The predicted octanol–water partition coefficient (Wildman–Crippen LogP) is 4.01. The molecule has 1 aromatic heterocycles. The van der Waals surface area contributed by atoms with Crippen LogP contribution < -0.4 is 20.9 Å². The van der Waals surface area contributed by atoms with E-state index in [9.17, 15) is 14.4 Å². The lowest BCUT2D eigenvalue weighted by Gasteiger charge is -2.15. The second-order valence-corrected chi connectivity index (χ2v) is 8.36. The number of rotatable bonds is 7. The van der Waals surface area contributed by atoms with Crippen LogP contribution in [0, 0.1) is 18.3 Å². The fourth-order valence-electron chi connectivity index (χ4n) is 3.78. The van der Waals surface area contributed by atoms with E-state index in [1.807, 2.05) is 36.4 Å². The van der Waals surface area contributed by atoms with Gasteiger partial charge in [-0.1, -0.05) is 30.3 Å². The Kier molecular flexibility index (Phi) is 7.21. The summed E-state index contributed by atoms with van der Waals surface area (Å²) in [4.78, 5) is 38.8. The molecule has 4 rings (SSSR count). The maximum Gasteiger partial charge on any atom is 0.295 e. The summed E-state index contributed by atoms with van der Waals surface area (Å²) in [6.07, 6.45) is -0.852. The van der Waals surface area contributed by atoms with Crippen LogP contribution in [-0.2, 0) is 11.8 Å². The molecule has 1 atom stereocenters. The molecule has 2 amide bonds. The van der Waals surface area contributed by atoms with E-state index in [1.165, 1.54) is 10.7 Å². The standard InChI is InChI=1S/C28H25N5O4/c1-18-25(28(36)33(32(18)3)23-12-5-4-6-13-23)31-27(35)21-10-8-11-22(16-21)30-26(34)19(2)37-24-14-7-9-20(15-24)17-29/h4-16,19H,1-3H3,(H,30,34)(H,31,35). The largest absolute Gasteiger partial charge is 0.481 e. The first-order chi connectivity index (χ1) is 17.8. The topological polar surface area (TPSA) is 118 Å². The van der Waals surface area contributed by atoms with Gasteiger partial charge in [-0.3, -0.25) is 19.1 Å². The lowest BCUT2D eigenvalue weighted by molar-refractivity contribution is -0.122. The van der Waals surface area contributed by atoms with Crippen LogP contribution in [0.2, 0.25) is 0 Å². The van der Waals surface area contributed by atoms with E-state index in [-0.39, 0.29) is 16.8 Å². The molecule has 0 radical (unpaired) electrons. The number of hydrogen-bond acceptors (Lipinski definition) is 5. The van der Waals surface area contributed by atoms with Crippen LogP contribution in [-0.4, -0.2) is 27.3 Å². The van der Waals surface area contributed by atoms with E-state index >= 15 is 0 Å². The maximum absolute atomic E-state index is 13.1. The van der Waals surface area contributed by atoms with Gasteiger partial charge in [0.1, 0.15) is 11.4 Å². The van der Waals surface area contributed by atoms with Crippen molar-refractivity contribution in [3.8, 4) is 17.5 Å². The normalized spacial score (nSPS) is 11.3. The van der Waals surface area contributed by atoms with Crippen molar-refractivity contribution < 1.29 is 14.3 Å². The van der Waals surface area contributed by atoms with Crippen LogP contribution in [0.4, 0.5) is 11.4 Å². The minimum absolute atomic E-state index is 0.174. The molecule has 1 unspecified atom stereocenters. The van der Waals surface area contributed by atoms with Gasteiger partial charge in [-0.2, -0.15) is 5.26 Å². The van der Waals surface area contributed by atoms with E-state index in [2.05, 4.69) is 10.6 Å². The predicted molar refractivity (Wildman–Crippen MR) is 140 cm³/mol. The Morgan fingerprint density at radius 1 is 0.973 bits per heavy atom. The first-order valence-corrected chi connectivity index (χ1v) is 11.5. The van der Waals surface area contributed by atoms with Gasteiger partial charge in [0.2, 0.25) is 0 Å². The monoisotopic (exact) mass is 495 g/mol. The van der Waals surface area contributed by atoms with E-state index in [0.29, 0.717) is 28.4 Å². The summed E-state index contributed by atoms with van der Waals surface area (Å²) >= 11 is 0. The number of anilines is 2. The Morgan fingerprint density at radius 3 is 2.43 bits per heavy atom. The van der Waals surface area contributed by atoms with Crippen LogP contribution in [0.25, 0.3) is 5.69 Å². The van der Waals surface area contributed by atoms with Crippen molar-refractivity contribution in [3.05, 3.63) is 106 Å². The van der Waals surface area contributed by atoms with Crippen molar-refractivity contribution in [2.75, 3.05) is 10.6 Å². The Bertz CT molecular complexity index is 1560. The average molecular weight is 496 g/mol. The SMILES string of the molecule is Cc1c(NC(=O)c2cccc(NC(=O)C(C)Oc3cccc(C#N)c3)c2)c(=O)n(-c2ccccc2)n1C. The van der Waals surface area contributed by atoms with Gasteiger partial charge in [-0.05, 0) is 62.4 Å². The number of hydrogen-bond donors (Lipinski definition) is 2. The maximum atomic E-state index is 13.1. The Hall–Kier alpha value is -5.10. The summed E-state index contributed by atoms with van der Waals surface area (Å²) in [6, 6.07) is 24.1. The zero-order valence-corrected chi connectivity index (χ0v) is 20.6. The average Bonchev–Trinajstić information content (AvgIpc) is 3.12. The second kappa shape index (κ2) is 10.7. The highest BCUT2D eigenvalue weighted by Gasteiger charge is 2.20. The third-order valence-electron chi connectivity index (χ3n) is 5.83. The van der Waals surface area contributed by atoms with Crippen molar-refractivity contribution >= 4 is 23.2 Å². The van der Waals surface area contributed by atoms with E-state index in [1.54, 1.807) is 68.0 Å². The Morgan fingerprint density at radius 2 is 1.70 bits per heavy atom. The number of ether oxygens (including phenoxy) is 1. The summed E-state index contributed by atoms with van der Waals surface area (Å²) in [5.74, 6) is -0.515. The molecule has 186 valence electrons. The number of carbonyl (C=O) groups is 2. The highest BCUT2D eigenvalue weighted by molar-refractivity contribution is 6.05. The number of nitrogens with one attached hydrogen (secondary N) is 2. The smallest absolute Gasteiger partial charge is 0.295 e. The molecule has 0 aliphatic carbocycles. The first kappa shape index (κ1) is 25.0. The van der Waals surface area contributed by atoms with Gasteiger partial charge < -0.3 is 15.4 Å². The fraction of sp³-hybridized carbons (Fsp3) is 0.143. The summed E-state index contributed by atoms with van der Waals surface area (Å²) < 4.78 is 8.80. The zero-order chi connectivity index (χ0) is 26.5. The number of amides is 2. The van der Waals surface area contributed by atoms with E-state index < -0.39 is 17.9 Å². The molecule has 0 aliphatic rings. The molecule has 9 nitrogen and oxygen atoms in total. The van der Waals surface area contributed by atoms with Crippen LogP contribution in [0.5, 0.6) is 5.75 Å². The molecule has 3 aromatic carbocycles. The molecule has 0 spiro atoms. The molecule has 9 heteroatoms. The summed E-state index contributed by atoms with van der Waals surface area (Å²) in [5.41, 5.74) is 2.18. The van der Waals surface area contributed by atoms with Gasteiger partial charge in [0.05, 0.1) is 23.0 Å². The lowest BCUT2D eigenvalue weighted by atomic mass is 10.1. The molecular formula is C28H25N5O4. The van der Waals surface area contributed by atoms with Crippen LogP contribution in [0.15, 0.2) is 83.7 Å². The third kappa shape index (κ3) is 5.44. The van der Waals surface area contributed by atoms with E-state index in [4.69, 9.17) is 10.00 Å². The van der Waals surface area contributed by atoms with Crippen molar-refractivity contribution in [1.29, 1.82) is 5.26 Å². The van der Waals surface area contributed by atoms with Gasteiger partial charge in [0.15, 0.2) is 6.10 Å². The van der Waals surface area contributed by atoms with Crippen molar-refractivity contribution in [2.45, 2.75) is 20.0 Å². The van der Waals surface area contributed by atoms with Gasteiger partial charge in [-0.15, -0.1) is 0 Å². The number of nitrogens with zero attached hydrogens (tertiary/aromatic N) is 3. The van der Waals surface area contributed by atoms with Gasteiger partial charge in [0, 0.05) is 18.3 Å². The first-order valence-electron chi connectivity index (χ1n) is 11.5.